The van der Waals surface area contributed by atoms with Crippen LogP contribution in [-0.4, -0.2) is 47.3 Å². The maximum Gasteiger partial charge on any atom is 0.365 e. The van der Waals surface area contributed by atoms with Crippen molar-refractivity contribution in [2.24, 2.45) is 5.92 Å². The first kappa shape index (κ1) is 13.5. The van der Waals surface area contributed by atoms with Crippen LogP contribution in [0.2, 0.25) is 0 Å². The molecule has 0 aliphatic carbocycles. The van der Waals surface area contributed by atoms with Gasteiger partial charge in [0.2, 0.25) is 5.01 Å². The number of thiazole rings is 1. The fourth-order valence-electron chi connectivity index (χ4n) is 2.26. The Kier molecular flexibility index (Phi) is 4.31. The molecule has 1 aromatic heterocycles. The first-order valence-electron chi connectivity index (χ1n) is 6.03. The number of carbonyl (C=O) groups is 1. The molecule has 2 heterocycles. The summed E-state index contributed by atoms with van der Waals surface area (Å²) in [6.07, 6.45) is 1.37. The van der Waals surface area contributed by atoms with Crippen LogP contribution in [-0.2, 0) is 11.3 Å². The molecule has 0 bridgehead atoms. The van der Waals surface area contributed by atoms with E-state index in [1.54, 1.807) is 7.11 Å². The van der Waals surface area contributed by atoms with Gasteiger partial charge in [-0.2, -0.15) is 0 Å². The van der Waals surface area contributed by atoms with Gasteiger partial charge in [0, 0.05) is 25.6 Å². The highest BCUT2D eigenvalue weighted by atomic mass is 32.1. The minimum absolute atomic E-state index is 0.165. The lowest BCUT2D eigenvalue weighted by molar-refractivity contribution is -0.00775. The van der Waals surface area contributed by atoms with E-state index in [1.807, 2.05) is 5.38 Å². The van der Waals surface area contributed by atoms with Crippen molar-refractivity contribution in [3.8, 4) is 0 Å². The van der Waals surface area contributed by atoms with Crippen molar-refractivity contribution in [1.82, 2.24) is 9.88 Å². The van der Waals surface area contributed by atoms with Crippen molar-refractivity contribution in [3.63, 3.8) is 0 Å². The van der Waals surface area contributed by atoms with Crippen LogP contribution >= 0.6 is 11.3 Å². The number of likely N-dealkylation sites (tertiary alicyclic amines) is 1. The molecule has 1 N–H and O–H groups in total. The standard InChI is InChI=1S/C12H18N2O3S/c1-8-3-4-14(6-10(8)17-2)5-9-7-18-11(13-9)12(15)16/h7-8,10H,3-6H2,1-2H3,(H,15,16). The summed E-state index contributed by atoms with van der Waals surface area (Å²) in [5, 5.41) is 10.8. The number of piperidine rings is 1. The third-order valence-electron chi connectivity index (χ3n) is 3.40. The second kappa shape index (κ2) is 5.77. The molecule has 2 atom stereocenters. The molecule has 0 saturated carbocycles. The van der Waals surface area contributed by atoms with E-state index in [1.165, 1.54) is 11.3 Å². The smallest absolute Gasteiger partial charge is 0.365 e. The molecule has 5 nitrogen and oxygen atoms in total. The van der Waals surface area contributed by atoms with Gasteiger partial charge in [-0.1, -0.05) is 6.92 Å². The molecule has 18 heavy (non-hydrogen) atoms. The van der Waals surface area contributed by atoms with Crippen molar-refractivity contribution in [2.75, 3.05) is 20.2 Å². The predicted molar refractivity (Wildman–Crippen MR) is 68.9 cm³/mol. The highest BCUT2D eigenvalue weighted by molar-refractivity contribution is 7.11. The van der Waals surface area contributed by atoms with Crippen LogP contribution in [0.5, 0.6) is 0 Å². The molecule has 2 unspecified atom stereocenters. The molecule has 1 aliphatic heterocycles. The van der Waals surface area contributed by atoms with Gasteiger partial charge in [-0.25, -0.2) is 9.78 Å². The Hall–Kier alpha value is -0.980. The first-order chi connectivity index (χ1) is 8.60. The van der Waals surface area contributed by atoms with Gasteiger partial charge in [0.15, 0.2) is 0 Å². The maximum atomic E-state index is 10.8. The second-order valence-electron chi connectivity index (χ2n) is 4.72. The Bertz CT molecular complexity index is 421. The highest BCUT2D eigenvalue weighted by Gasteiger charge is 2.26. The molecule has 1 fully saturated rings. The van der Waals surface area contributed by atoms with E-state index in [0.29, 0.717) is 12.5 Å². The van der Waals surface area contributed by atoms with Crippen molar-refractivity contribution in [3.05, 3.63) is 16.1 Å². The number of aromatic nitrogens is 1. The Labute approximate surface area is 110 Å². The van der Waals surface area contributed by atoms with Gasteiger partial charge in [-0.3, -0.25) is 4.90 Å². The van der Waals surface area contributed by atoms with Crippen LogP contribution < -0.4 is 0 Å². The number of hydrogen-bond donors (Lipinski definition) is 1. The molecule has 6 heteroatoms. The van der Waals surface area contributed by atoms with Gasteiger partial charge < -0.3 is 9.84 Å². The zero-order chi connectivity index (χ0) is 13.1. The molecule has 0 amide bonds. The number of carboxylic acids is 1. The van der Waals surface area contributed by atoms with Gasteiger partial charge in [-0.15, -0.1) is 11.3 Å². The average Bonchev–Trinajstić information content (AvgIpc) is 2.80. The molecule has 0 spiro atoms. The number of carboxylic acid groups (broad SMARTS) is 1. The lowest BCUT2D eigenvalue weighted by Gasteiger charge is -2.35. The molecule has 100 valence electrons. The second-order valence-corrected chi connectivity index (χ2v) is 5.58. The Morgan fingerprint density at radius 3 is 3.11 bits per heavy atom. The van der Waals surface area contributed by atoms with E-state index >= 15 is 0 Å². The summed E-state index contributed by atoms with van der Waals surface area (Å²) in [6, 6.07) is 0. The number of nitrogens with zero attached hydrogens (tertiary/aromatic N) is 2. The molecule has 1 aromatic rings. The third-order valence-corrected chi connectivity index (χ3v) is 4.28. The average molecular weight is 270 g/mol. The van der Waals surface area contributed by atoms with Crippen molar-refractivity contribution < 1.29 is 14.6 Å². The summed E-state index contributed by atoms with van der Waals surface area (Å²) < 4.78 is 5.46. The molecular formula is C12H18N2O3S. The Balaban J connectivity index is 1.94. The summed E-state index contributed by atoms with van der Waals surface area (Å²) in [5.41, 5.74) is 0.835. The van der Waals surface area contributed by atoms with Crippen molar-refractivity contribution in [1.29, 1.82) is 0 Å². The van der Waals surface area contributed by atoms with E-state index in [9.17, 15) is 4.79 Å². The summed E-state index contributed by atoms with van der Waals surface area (Å²) in [5.74, 6) is -0.371. The largest absolute Gasteiger partial charge is 0.476 e. The Morgan fingerprint density at radius 1 is 1.72 bits per heavy atom. The van der Waals surface area contributed by atoms with Gasteiger partial charge in [0.05, 0.1) is 11.8 Å². The number of methoxy groups -OCH3 is 1. The fraction of sp³-hybridized carbons (Fsp3) is 0.667. The summed E-state index contributed by atoms with van der Waals surface area (Å²) in [4.78, 5) is 17.1. The van der Waals surface area contributed by atoms with E-state index in [2.05, 4.69) is 16.8 Å². The molecule has 1 saturated heterocycles. The van der Waals surface area contributed by atoms with Crippen LogP contribution in [0.4, 0.5) is 0 Å². The minimum Gasteiger partial charge on any atom is -0.476 e. The van der Waals surface area contributed by atoms with E-state index in [4.69, 9.17) is 9.84 Å². The van der Waals surface area contributed by atoms with Gasteiger partial charge in [0.25, 0.3) is 0 Å². The lowest BCUT2D eigenvalue weighted by atomic mass is 9.96. The van der Waals surface area contributed by atoms with Crippen LogP contribution in [0.15, 0.2) is 5.38 Å². The lowest BCUT2D eigenvalue weighted by Crippen LogP contribution is -2.43. The Morgan fingerprint density at radius 2 is 2.50 bits per heavy atom. The SMILES string of the molecule is COC1CN(Cc2csc(C(=O)O)n2)CCC1C. The number of hydrogen-bond acceptors (Lipinski definition) is 5. The number of ether oxygens (including phenoxy) is 1. The van der Waals surface area contributed by atoms with Crippen molar-refractivity contribution in [2.45, 2.75) is 26.0 Å². The number of rotatable bonds is 4. The van der Waals surface area contributed by atoms with E-state index in [-0.39, 0.29) is 11.1 Å². The van der Waals surface area contributed by atoms with E-state index < -0.39 is 5.97 Å². The zero-order valence-corrected chi connectivity index (χ0v) is 11.4. The summed E-state index contributed by atoms with van der Waals surface area (Å²) >= 11 is 1.18. The predicted octanol–water partition coefficient (Wildman–Crippen LogP) is 1.70. The topological polar surface area (TPSA) is 62.7 Å². The quantitative estimate of drug-likeness (QED) is 0.902. The van der Waals surface area contributed by atoms with Crippen LogP contribution in [0.3, 0.4) is 0 Å². The van der Waals surface area contributed by atoms with Crippen LogP contribution in [0.1, 0.15) is 28.8 Å². The molecule has 0 radical (unpaired) electrons. The highest BCUT2D eigenvalue weighted by Crippen LogP contribution is 2.21. The maximum absolute atomic E-state index is 10.8. The third kappa shape index (κ3) is 3.07. The zero-order valence-electron chi connectivity index (χ0n) is 10.6. The normalized spacial score (nSPS) is 25.2. The van der Waals surface area contributed by atoms with Gasteiger partial charge in [0.1, 0.15) is 0 Å². The summed E-state index contributed by atoms with van der Waals surface area (Å²) in [6.45, 7) is 4.81. The molecule has 0 aromatic carbocycles. The van der Waals surface area contributed by atoms with E-state index in [0.717, 1.165) is 25.2 Å². The fourth-order valence-corrected chi connectivity index (χ4v) is 2.90. The van der Waals surface area contributed by atoms with Crippen LogP contribution in [0, 0.1) is 5.92 Å². The van der Waals surface area contributed by atoms with Gasteiger partial charge in [-0.05, 0) is 18.9 Å². The molecular weight excluding hydrogens is 252 g/mol. The molecule has 1 aliphatic rings. The summed E-state index contributed by atoms with van der Waals surface area (Å²) in [7, 11) is 1.75. The van der Waals surface area contributed by atoms with Crippen LogP contribution in [0.25, 0.3) is 0 Å². The first-order valence-corrected chi connectivity index (χ1v) is 6.91. The monoisotopic (exact) mass is 270 g/mol. The minimum atomic E-state index is -0.951. The molecule has 2 rings (SSSR count). The van der Waals surface area contributed by atoms with Gasteiger partial charge >= 0.3 is 5.97 Å². The van der Waals surface area contributed by atoms with Crippen molar-refractivity contribution >= 4 is 17.3 Å². The number of aromatic carboxylic acids is 1.